The van der Waals surface area contributed by atoms with Crippen molar-refractivity contribution >= 4 is 34.3 Å². The summed E-state index contributed by atoms with van der Waals surface area (Å²) in [6, 6.07) is 24.6. The standard InChI is InChI=1S/C28H28N2O2S/c31-26(20-30-27(32)19-28(30)33-21-22-11-4-3-5-12-22)29-18-9-2-1-6-13-23-15-10-16-24-14-7-8-17-25(23)24/h3-5,7-8,10-12,14-17,28H,1-2,9,18-21H2,(H,29,31). The minimum atomic E-state index is -0.0878. The lowest BCUT2D eigenvalue weighted by atomic mass is 10.0. The minimum absolute atomic E-state index is 0.0550. The normalized spacial score (nSPS) is 15.0. The molecule has 0 aliphatic carbocycles. The van der Waals surface area contributed by atoms with E-state index in [1.54, 1.807) is 16.7 Å². The third kappa shape index (κ3) is 6.40. The summed E-state index contributed by atoms with van der Waals surface area (Å²) in [6.45, 7) is 0.755. The second kappa shape index (κ2) is 11.6. The number of nitrogens with zero attached hydrogens (tertiary/aromatic N) is 1. The van der Waals surface area contributed by atoms with E-state index in [1.807, 2.05) is 36.4 Å². The molecule has 0 spiro atoms. The Kier molecular flexibility index (Phi) is 8.05. The van der Waals surface area contributed by atoms with Gasteiger partial charge >= 0.3 is 0 Å². The van der Waals surface area contributed by atoms with Crippen molar-refractivity contribution in [3.8, 4) is 11.8 Å². The van der Waals surface area contributed by atoms with Gasteiger partial charge in [-0.3, -0.25) is 9.59 Å². The van der Waals surface area contributed by atoms with Gasteiger partial charge in [-0.2, -0.15) is 0 Å². The number of carbonyl (C=O) groups is 2. The molecule has 3 aromatic rings. The van der Waals surface area contributed by atoms with Crippen LogP contribution in [-0.4, -0.2) is 35.2 Å². The highest BCUT2D eigenvalue weighted by Gasteiger charge is 2.37. The molecule has 3 aromatic carbocycles. The molecule has 4 nitrogen and oxygen atoms in total. The Morgan fingerprint density at radius 1 is 1.00 bits per heavy atom. The van der Waals surface area contributed by atoms with E-state index in [9.17, 15) is 9.59 Å². The summed E-state index contributed by atoms with van der Waals surface area (Å²) in [5, 5.41) is 5.41. The van der Waals surface area contributed by atoms with Gasteiger partial charge in [-0.1, -0.05) is 78.6 Å². The molecule has 1 unspecified atom stereocenters. The molecule has 2 amide bonds. The predicted octanol–water partition coefficient (Wildman–Crippen LogP) is 4.97. The van der Waals surface area contributed by atoms with Crippen molar-refractivity contribution in [1.29, 1.82) is 0 Å². The third-order valence-electron chi connectivity index (χ3n) is 5.68. The van der Waals surface area contributed by atoms with E-state index in [0.29, 0.717) is 13.0 Å². The Hall–Kier alpha value is -3.23. The molecule has 4 rings (SSSR count). The summed E-state index contributed by atoms with van der Waals surface area (Å²) < 4.78 is 0. The highest BCUT2D eigenvalue weighted by molar-refractivity contribution is 7.99. The Morgan fingerprint density at radius 3 is 2.64 bits per heavy atom. The quantitative estimate of drug-likeness (QED) is 0.281. The molecule has 5 heteroatoms. The monoisotopic (exact) mass is 456 g/mol. The summed E-state index contributed by atoms with van der Waals surface area (Å²) in [5.74, 6) is 7.34. The fourth-order valence-electron chi connectivity index (χ4n) is 3.80. The molecular weight excluding hydrogens is 428 g/mol. The van der Waals surface area contributed by atoms with Gasteiger partial charge in [0, 0.05) is 24.3 Å². The zero-order valence-corrected chi connectivity index (χ0v) is 19.4. The molecule has 1 fully saturated rings. The summed E-state index contributed by atoms with van der Waals surface area (Å²) in [7, 11) is 0. The zero-order chi connectivity index (χ0) is 22.9. The van der Waals surface area contributed by atoms with E-state index >= 15 is 0 Å². The first-order valence-electron chi connectivity index (χ1n) is 11.4. The van der Waals surface area contributed by atoms with E-state index in [1.165, 1.54) is 16.3 Å². The van der Waals surface area contributed by atoms with Crippen molar-refractivity contribution in [1.82, 2.24) is 10.2 Å². The van der Waals surface area contributed by atoms with Crippen molar-refractivity contribution in [2.45, 2.75) is 36.8 Å². The molecule has 0 bridgehead atoms. The Bertz CT molecular complexity index is 1160. The molecule has 0 radical (unpaired) electrons. The summed E-state index contributed by atoms with van der Waals surface area (Å²) in [5.41, 5.74) is 2.29. The molecule has 1 atom stereocenters. The van der Waals surface area contributed by atoms with Crippen LogP contribution in [-0.2, 0) is 15.3 Å². The van der Waals surface area contributed by atoms with E-state index in [2.05, 4.69) is 53.6 Å². The topological polar surface area (TPSA) is 49.4 Å². The second-order valence-electron chi connectivity index (χ2n) is 8.11. The van der Waals surface area contributed by atoms with Crippen LogP contribution in [0.15, 0.2) is 72.8 Å². The van der Waals surface area contributed by atoms with Crippen LogP contribution in [0.3, 0.4) is 0 Å². The van der Waals surface area contributed by atoms with Gasteiger partial charge in [-0.15, -0.1) is 11.8 Å². The summed E-state index contributed by atoms with van der Waals surface area (Å²) >= 11 is 1.72. The average Bonchev–Trinajstić information content (AvgIpc) is 2.85. The first kappa shape index (κ1) is 22.9. The molecule has 0 saturated carbocycles. The SMILES string of the molecule is O=C(CN1C(=O)CC1SCc1ccccc1)NCCCCC#Cc1cccc2ccccc12. The van der Waals surface area contributed by atoms with Crippen LogP contribution < -0.4 is 5.32 Å². The lowest BCUT2D eigenvalue weighted by molar-refractivity contribution is -0.145. The first-order chi connectivity index (χ1) is 16.2. The Labute approximate surface area is 199 Å². The van der Waals surface area contributed by atoms with Crippen molar-refractivity contribution in [3.63, 3.8) is 0 Å². The molecule has 0 aromatic heterocycles. The Morgan fingerprint density at radius 2 is 1.79 bits per heavy atom. The van der Waals surface area contributed by atoms with Crippen molar-refractivity contribution in [3.05, 3.63) is 83.9 Å². The van der Waals surface area contributed by atoms with Crippen LogP contribution in [0.1, 0.15) is 36.8 Å². The molecular formula is C28H28N2O2S. The molecule has 33 heavy (non-hydrogen) atoms. The van der Waals surface area contributed by atoms with E-state index in [0.717, 1.165) is 30.6 Å². The van der Waals surface area contributed by atoms with Gasteiger partial charge in [-0.05, 0) is 35.2 Å². The number of unbranched alkanes of at least 4 members (excludes halogenated alkanes) is 2. The van der Waals surface area contributed by atoms with Crippen molar-refractivity contribution in [2.75, 3.05) is 13.1 Å². The van der Waals surface area contributed by atoms with Gasteiger partial charge in [0.05, 0.1) is 11.8 Å². The summed E-state index contributed by atoms with van der Waals surface area (Å²) in [4.78, 5) is 25.9. The fraction of sp³-hybridized carbons (Fsp3) is 0.286. The van der Waals surface area contributed by atoms with Gasteiger partial charge in [0.25, 0.3) is 0 Å². The zero-order valence-electron chi connectivity index (χ0n) is 18.6. The summed E-state index contributed by atoms with van der Waals surface area (Å²) in [6.07, 6.45) is 3.11. The predicted molar refractivity (Wildman–Crippen MR) is 136 cm³/mol. The number of rotatable bonds is 9. The average molecular weight is 457 g/mol. The number of β-lactam (4-membered cyclic amide) rings is 1. The number of amides is 2. The maximum absolute atomic E-state index is 12.3. The van der Waals surface area contributed by atoms with Gasteiger partial charge < -0.3 is 10.2 Å². The lowest BCUT2D eigenvalue weighted by Crippen LogP contribution is -2.54. The highest BCUT2D eigenvalue weighted by Crippen LogP contribution is 2.31. The minimum Gasteiger partial charge on any atom is -0.355 e. The van der Waals surface area contributed by atoms with Gasteiger partial charge in [0.2, 0.25) is 11.8 Å². The number of benzene rings is 3. The van der Waals surface area contributed by atoms with Crippen molar-refractivity contribution < 1.29 is 9.59 Å². The maximum atomic E-state index is 12.3. The van der Waals surface area contributed by atoms with Gasteiger partial charge in [0.15, 0.2) is 0 Å². The number of fused-ring (bicyclic) bond motifs is 1. The molecule has 1 N–H and O–H groups in total. The van der Waals surface area contributed by atoms with Crippen LogP contribution in [0.2, 0.25) is 0 Å². The molecule has 1 aliphatic heterocycles. The number of nitrogens with one attached hydrogen (secondary N) is 1. The van der Waals surface area contributed by atoms with Crippen LogP contribution in [0.4, 0.5) is 0 Å². The largest absolute Gasteiger partial charge is 0.355 e. The van der Waals surface area contributed by atoms with E-state index in [-0.39, 0.29) is 23.7 Å². The number of carbonyl (C=O) groups excluding carboxylic acids is 2. The van der Waals surface area contributed by atoms with Crippen molar-refractivity contribution in [2.24, 2.45) is 0 Å². The smallest absolute Gasteiger partial charge is 0.239 e. The molecule has 168 valence electrons. The van der Waals surface area contributed by atoms with Crippen LogP contribution >= 0.6 is 11.8 Å². The lowest BCUT2D eigenvalue weighted by Gasteiger charge is -2.39. The number of likely N-dealkylation sites (tertiary alicyclic amines) is 1. The van der Waals surface area contributed by atoms with Crippen LogP contribution in [0.5, 0.6) is 0 Å². The number of hydrogen-bond acceptors (Lipinski definition) is 3. The molecule has 1 saturated heterocycles. The Balaban J connectivity index is 1.13. The number of thioether (sulfide) groups is 1. The first-order valence-corrected chi connectivity index (χ1v) is 12.4. The van der Waals surface area contributed by atoms with E-state index < -0.39 is 0 Å². The third-order valence-corrected chi connectivity index (χ3v) is 6.99. The fourth-order valence-corrected chi connectivity index (χ4v) is 5.01. The maximum Gasteiger partial charge on any atom is 0.239 e. The van der Waals surface area contributed by atoms with Gasteiger partial charge in [-0.25, -0.2) is 0 Å². The molecule has 1 heterocycles. The number of hydrogen-bond donors (Lipinski definition) is 1. The highest BCUT2D eigenvalue weighted by atomic mass is 32.2. The molecule has 1 aliphatic rings. The van der Waals surface area contributed by atoms with E-state index in [4.69, 9.17) is 0 Å². The van der Waals surface area contributed by atoms with Gasteiger partial charge in [0.1, 0.15) is 6.54 Å². The van der Waals surface area contributed by atoms with Crippen LogP contribution in [0, 0.1) is 11.8 Å². The van der Waals surface area contributed by atoms with Crippen LogP contribution in [0.25, 0.3) is 10.8 Å². The second-order valence-corrected chi connectivity index (χ2v) is 9.28.